The molecule has 0 aromatic rings. The van der Waals surface area contributed by atoms with Crippen LogP contribution >= 0.6 is 12.6 Å². The van der Waals surface area contributed by atoms with Crippen LogP contribution in [0.1, 0.15) is 13.3 Å². The van der Waals surface area contributed by atoms with Crippen LogP contribution in [0.25, 0.3) is 0 Å². The van der Waals surface area contributed by atoms with Crippen molar-refractivity contribution >= 4 is 18.5 Å². The monoisotopic (exact) mass is 216 g/mol. The summed E-state index contributed by atoms with van der Waals surface area (Å²) in [7, 11) is 4.00. The van der Waals surface area contributed by atoms with E-state index in [-0.39, 0.29) is 11.2 Å². The zero-order valence-electron chi connectivity index (χ0n) is 9.23. The van der Waals surface area contributed by atoms with Gasteiger partial charge in [-0.15, -0.1) is 0 Å². The molecule has 0 N–H and O–H groups in total. The van der Waals surface area contributed by atoms with Crippen LogP contribution in [0, 0.1) is 5.92 Å². The van der Waals surface area contributed by atoms with E-state index in [1.807, 2.05) is 18.9 Å². The highest BCUT2D eigenvalue weighted by Gasteiger charge is 2.23. The first-order valence-electron chi connectivity index (χ1n) is 5.12. The predicted molar refractivity (Wildman–Crippen MR) is 61.7 cm³/mol. The van der Waals surface area contributed by atoms with Crippen LogP contribution in [0.5, 0.6) is 0 Å². The molecule has 1 amide bonds. The minimum atomic E-state index is -0.181. The predicted octanol–water partition coefficient (Wildman–Crippen LogP) is 0.715. The first kappa shape index (κ1) is 11.9. The molecule has 0 aromatic heterocycles. The third kappa shape index (κ3) is 3.17. The molecule has 82 valence electrons. The number of rotatable bonds is 3. The molecule has 0 saturated carbocycles. The second-order valence-corrected chi connectivity index (χ2v) is 5.09. The van der Waals surface area contributed by atoms with Gasteiger partial charge in [-0.05, 0) is 32.9 Å². The van der Waals surface area contributed by atoms with Gasteiger partial charge >= 0.3 is 0 Å². The van der Waals surface area contributed by atoms with Crippen LogP contribution in [-0.4, -0.2) is 54.7 Å². The quantitative estimate of drug-likeness (QED) is 0.703. The number of nitrogens with zero attached hydrogens (tertiary/aromatic N) is 2. The van der Waals surface area contributed by atoms with Gasteiger partial charge in [-0.2, -0.15) is 12.6 Å². The van der Waals surface area contributed by atoms with Crippen LogP contribution in [0.15, 0.2) is 0 Å². The number of likely N-dealkylation sites (tertiary alicyclic amines) is 1. The molecule has 1 aliphatic rings. The summed E-state index contributed by atoms with van der Waals surface area (Å²) in [6.45, 7) is 4.96. The lowest BCUT2D eigenvalue weighted by Crippen LogP contribution is -2.36. The molecule has 1 aliphatic heterocycles. The van der Waals surface area contributed by atoms with Crippen LogP contribution in [0.2, 0.25) is 0 Å². The Morgan fingerprint density at radius 2 is 2.36 bits per heavy atom. The van der Waals surface area contributed by atoms with E-state index in [0.717, 1.165) is 19.6 Å². The van der Waals surface area contributed by atoms with Gasteiger partial charge in [-0.3, -0.25) is 4.79 Å². The number of amides is 1. The molecule has 0 radical (unpaired) electrons. The summed E-state index contributed by atoms with van der Waals surface area (Å²) in [5.74, 6) is 0.768. The molecule has 1 heterocycles. The molecule has 1 rings (SSSR count). The molecule has 4 heteroatoms. The fraction of sp³-hybridized carbons (Fsp3) is 0.900. The fourth-order valence-electron chi connectivity index (χ4n) is 1.97. The maximum absolute atomic E-state index is 11.5. The minimum absolute atomic E-state index is 0.128. The SMILES string of the molecule is CC(S)C(=O)N(C)CC1CCN(C)C1. The van der Waals surface area contributed by atoms with E-state index in [4.69, 9.17) is 0 Å². The summed E-state index contributed by atoms with van der Waals surface area (Å²) < 4.78 is 0. The lowest BCUT2D eigenvalue weighted by atomic mass is 10.1. The molecule has 1 saturated heterocycles. The van der Waals surface area contributed by atoms with Crippen LogP contribution < -0.4 is 0 Å². The Morgan fingerprint density at radius 3 is 2.79 bits per heavy atom. The molecule has 2 unspecified atom stereocenters. The van der Waals surface area contributed by atoms with Gasteiger partial charge in [0.1, 0.15) is 0 Å². The van der Waals surface area contributed by atoms with E-state index in [2.05, 4.69) is 24.6 Å². The number of carbonyl (C=O) groups is 1. The minimum Gasteiger partial charge on any atom is -0.344 e. The summed E-state index contributed by atoms with van der Waals surface area (Å²) >= 11 is 4.15. The van der Waals surface area contributed by atoms with E-state index >= 15 is 0 Å². The maximum Gasteiger partial charge on any atom is 0.234 e. The van der Waals surface area contributed by atoms with Crippen LogP contribution in [0.4, 0.5) is 0 Å². The van der Waals surface area contributed by atoms with Gasteiger partial charge in [0, 0.05) is 20.1 Å². The molecule has 2 atom stereocenters. The van der Waals surface area contributed by atoms with Crippen LogP contribution in [0.3, 0.4) is 0 Å². The van der Waals surface area contributed by atoms with Crippen molar-refractivity contribution in [2.45, 2.75) is 18.6 Å². The summed E-state index contributed by atoms with van der Waals surface area (Å²) in [5.41, 5.74) is 0. The lowest BCUT2D eigenvalue weighted by Gasteiger charge is -2.22. The molecule has 0 aliphatic carbocycles. The summed E-state index contributed by atoms with van der Waals surface area (Å²) in [4.78, 5) is 15.7. The Labute approximate surface area is 91.9 Å². The first-order valence-corrected chi connectivity index (χ1v) is 5.64. The Hall–Kier alpha value is -0.220. The third-order valence-corrected chi connectivity index (χ3v) is 2.98. The van der Waals surface area contributed by atoms with Gasteiger partial charge < -0.3 is 9.80 Å². The van der Waals surface area contributed by atoms with Crippen molar-refractivity contribution in [2.75, 3.05) is 33.7 Å². The average Bonchev–Trinajstić information content (AvgIpc) is 2.49. The summed E-state index contributed by atoms with van der Waals surface area (Å²) in [6, 6.07) is 0. The van der Waals surface area contributed by atoms with E-state index < -0.39 is 0 Å². The van der Waals surface area contributed by atoms with Crippen molar-refractivity contribution in [1.82, 2.24) is 9.80 Å². The molecular weight excluding hydrogens is 196 g/mol. The van der Waals surface area contributed by atoms with Crippen molar-refractivity contribution in [3.63, 3.8) is 0 Å². The molecule has 3 nitrogen and oxygen atoms in total. The van der Waals surface area contributed by atoms with Gasteiger partial charge in [0.2, 0.25) is 5.91 Å². The van der Waals surface area contributed by atoms with Crippen molar-refractivity contribution < 1.29 is 4.79 Å². The average molecular weight is 216 g/mol. The number of hydrogen-bond donors (Lipinski definition) is 1. The molecule has 0 spiro atoms. The van der Waals surface area contributed by atoms with E-state index in [1.165, 1.54) is 6.42 Å². The molecular formula is C10H20N2OS. The van der Waals surface area contributed by atoms with Crippen molar-refractivity contribution in [1.29, 1.82) is 0 Å². The van der Waals surface area contributed by atoms with E-state index in [0.29, 0.717) is 5.92 Å². The highest BCUT2D eigenvalue weighted by Crippen LogP contribution is 2.15. The Kier molecular flexibility index (Phi) is 4.26. The Balaban J connectivity index is 2.33. The van der Waals surface area contributed by atoms with Gasteiger partial charge in [-0.1, -0.05) is 0 Å². The maximum atomic E-state index is 11.5. The van der Waals surface area contributed by atoms with Crippen molar-refractivity contribution in [3.05, 3.63) is 0 Å². The normalized spacial score (nSPS) is 25.0. The third-order valence-electron chi connectivity index (χ3n) is 2.75. The number of carbonyl (C=O) groups excluding carboxylic acids is 1. The van der Waals surface area contributed by atoms with Gasteiger partial charge in [0.05, 0.1) is 5.25 Å². The summed E-state index contributed by atoms with van der Waals surface area (Å²) in [5, 5.41) is -0.181. The standard InChI is InChI=1S/C10H20N2OS/c1-8(14)10(13)12(3)7-9-4-5-11(2)6-9/h8-9,14H,4-7H2,1-3H3. The van der Waals surface area contributed by atoms with E-state index in [1.54, 1.807) is 0 Å². The zero-order chi connectivity index (χ0) is 10.7. The van der Waals surface area contributed by atoms with E-state index in [9.17, 15) is 4.79 Å². The summed E-state index contributed by atoms with van der Waals surface area (Å²) in [6.07, 6.45) is 1.20. The lowest BCUT2D eigenvalue weighted by molar-refractivity contribution is -0.129. The van der Waals surface area contributed by atoms with Gasteiger partial charge in [0.25, 0.3) is 0 Å². The molecule has 0 aromatic carbocycles. The number of thiol groups is 1. The fourth-order valence-corrected chi connectivity index (χ4v) is 2.17. The van der Waals surface area contributed by atoms with Crippen LogP contribution in [-0.2, 0) is 4.79 Å². The molecule has 14 heavy (non-hydrogen) atoms. The largest absolute Gasteiger partial charge is 0.344 e. The van der Waals surface area contributed by atoms with Crippen molar-refractivity contribution in [3.8, 4) is 0 Å². The smallest absolute Gasteiger partial charge is 0.234 e. The first-order chi connectivity index (χ1) is 6.50. The second-order valence-electron chi connectivity index (χ2n) is 4.31. The second kappa shape index (κ2) is 5.03. The van der Waals surface area contributed by atoms with Crippen molar-refractivity contribution in [2.24, 2.45) is 5.92 Å². The number of hydrogen-bond acceptors (Lipinski definition) is 3. The van der Waals surface area contributed by atoms with Gasteiger partial charge in [-0.25, -0.2) is 0 Å². The Morgan fingerprint density at radius 1 is 1.71 bits per heavy atom. The highest BCUT2D eigenvalue weighted by molar-refractivity contribution is 7.81. The highest BCUT2D eigenvalue weighted by atomic mass is 32.1. The zero-order valence-corrected chi connectivity index (χ0v) is 10.1. The molecule has 1 fully saturated rings. The molecule has 0 bridgehead atoms. The van der Waals surface area contributed by atoms with Gasteiger partial charge in [0.15, 0.2) is 0 Å². The topological polar surface area (TPSA) is 23.6 Å². The Bertz CT molecular complexity index is 208.